The highest BCUT2D eigenvalue weighted by Crippen LogP contribution is 2.34. The van der Waals surface area contributed by atoms with Gasteiger partial charge in [0.25, 0.3) is 0 Å². The molecule has 0 spiro atoms. The van der Waals surface area contributed by atoms with Crippen LogP contribution in [0.25, 0.3) is 0 Å². The smallest absolute Gasteiger partial charge is 0.127 e. The lowest BCUT2D eigenvalue weighted by Crippen LogP contribution is -2.00. The molecule has 0 bridgehead atoms. The van der Waals surface area contributed by atoms with Crippen LogP contribution in [0.5, 0.6) is 0 Å². The second-order valence-electron chi connectivity index (χ2n) is 5.12. The van der Waals surface area contributed by atoms with E-state index in [1.807, 2.05) is 13.0 Å². The molecule has 2 heteroatoms. The lowest BCUT2D eigenvalue weighted by atomic mass is 9.96. The summed E-state index contributed by atoms with van der Waals surface area (Å²) in [4.78, 5) is -0.0985. The van der Waals surface area contributed by atoms with Gasteiger partial charge in [0.1, 0.15) is 5.82 Å². The Labute approximate surface area is 129 Å². The molecule has 0 fully saturated rings. The van der Waals surface area contributed by atoms with Gasteiger partial charge in [0.2, 0.25) is 0 Å². The summed E-state index contributed by atoms with van der Waals surface area (Å²) in [5.74, 6) is -0.157. The van der Waals surface area contributed by atoms with Gasteiger partial charge in [-0.1, -0.05) is 65.7 Å². The van der Waals surface area contributed by atoms with Crippen LogP contribution in [-0.4, -0.2) is 0 Å². The van der Waals surface area contributed by atoms with Crippen LogP contribution < -0.4 is 0 Å². The molecule has 20 heavy (non-hydrogen) atoms. The number of alkyl halides is 1. The van der Waals surface area contributed by atoms with Crippen LogP contribution >= 0.6 is 15.9 Å². The Hall–Kier alpha value is -1.15. The molecule has 0 saturated carbocycles. The van der Waals surface area contributed by atoms with Crippen LogP contribution in [0.2, 0.25) is 0 Å². The van der Waals surface area contributed by atoms with Crippen LogP contribution in [0.4, 0.5) is 4.39 Å². The number of hydrogen-bond donors (Lipinski definition) is 0. The van der Waals surface area contributed by atoms with Gasteiger partial charge in [-0.25, -0.2) is 4.39 Å². The van der Waals surface area contributed by atoms with Crippen molar-refractivity contribution in [1.82, 2.24) is 0 Å². The molecule has 0 amide bonds. The molecule has 0 saturated heterocycles. The first-order valence-corrected chi connectivity index (χ1v) is 8.00. The molecule has 0 aromatic heterocycles. The van der Waals surface area contributed by atoms with E-state index in [4.69, 9.17) is 0 Å². The highest BCUT2D eigenvalue weighted by molar-refractivity contribution is 9.09. The summed E-state index contributed by atoms with van der Waals surface area (Å²) in [6, 6.07) is 11.7. The Balaban J connectivity index is 2.42. The molecule has 0 aliphatic rings. The van der Waals surface area contributed by atoms with E-state index in [0.717, 1.165) is 24.0 Å². The zero-order valence-corrected chi connectivity index (χ0v) is 13.8. The number of halogens is 2. The normalized spacial score (nSPS) is 12.4. The van der Waals surface area contributed by atoms with E-state index >= 15 is 0 Å². The zero-order valence-electron chi connectivity index (χ0n) is 12.2. The monoisotopic (exact) mass is 334 g/mol. The molecule has 1 atom stereocenters. The lowest BCUT2D eigenvalue weighted by Gasteiger charge is -2.15. The van der Waals surface area contributed by atoms with Crippen molar-refractivity contribution in [3.8, 4) is 0 Å². The highest BCUT2D eigenvalue weighted by Gasteiger charge is 2.16. The average molecular weight is 335 g/mol. The predicted molar refractivity (Wildman–Crippen MR) is 87.1 cm³/mol. The van der Waals surface area contributed by atoms with Gasteiger partial charge in [0.15, 0.2) is 0 Å². The predicted octanol–water partition coefficient (Wildman–Crippen LogP) is 5.74. The minimum Gasteiger partial charge on any atom is -0.207 e. The van der Waals surface area contributed by atoms with Gasteiger partial charge in [-0.05, 0) is 42.5 Å². The minimum atomic E-state index is -0.157. The third kappa shape index (κ3) is 3.12. The summed E-state index contributed by atoms with van der Waals surface area (Å²) in [6.07, 6.45) is 2.04. The zero-order chi connectivity index (χ0) is 14.7. The maximum absolute atomic E-state index is 14.0. The Kier molecular flexibility index (Phi) is 4.98. The Bertz CT molecular complexity index is 604. The van der Waals surface area contributed by atoms with E-state index in [9.17, 15) is 4.39 Å². The van der Waals surface area contributed by atoms with Gasteiger partial charge in [-0.3, -0.25) is 0 Å². The number of hydrogen-bond acceptors (Lipinski definition) is 0. The van der Waals surface area contributed by atoms with E-state index < -0.39 is 0 Å². The summed E-state index contributed by atoms with van der Waals surface area (Å²) in [7, 11) is 0. The SMILES string of the molecule is CCc1ccc(C(Br)c2cc(C)ccc2F)cc1CC. The molecule has 2 aromatic carbocycles. The third-order valence-electron chi connectivity index (χ3n) is 3.71. The van der Waals surface area contributed by atoms with Crippen molar-refractivity contribution in [3.63, 3.8) is 0 Å². The van der Waals surface area contributed by atoms with Crippen LogP contribution in [0.15, 0.2) is 36.4 Å². The van der Waals surface area contributed by atoms with E-state index in [1.165, 1.54) is 11.1 Å². The summed E-state index contributed by atoms with van der Waals surface area (Å²) in [6.45, 7) is 6.31. The van der Waals surface area contributed by atoms with Crippen molar-refractivity contribution in [2.75, 3.05) is 0 Å². The molecular formula is C18H20BrF. The van der Waals surface area contributed by atoms with E-state index in [1.54, 1.807) is 12.1 Å². The first-order chi connectivity index (χ1) is 9.56. The van der Waals surface area contributed by atoms with Gasteiger partial charge in [0.05, 0.1) is 4.83 Å². The molecule has 106 valence electrons. The van der Waals surface area contributed by atoms with Gasteiger partial charge in [-0.2, -0.15) is 0 Å². The van der Waals surface area contributed by atoms with Crippen molar-refractivity contribution < 1.29 is 4.39 Å². The molecule has 1 unspecified atom stereocenters. The molecule has 0 nitrogen and oxygen atoms in total. The third-order valence-corrected chi connectivity index (χ3v) is 4.73. The molecule has 0 radical (unpaired) electrons. The molecule has 0 aliphatic carbocycles. The number of rotatable bonds is 4. The van der Waals surface area contributed by atoms with Gasteiger partial charge in [0, 0.05) is 5.56 Å². The van der Waals surface area contributed by atoms with E-state index in [-0.39, 0.29) is 10.6 Å². The van der Waals surface area contributed by atoms with Crippen molar-refractivity contribution in [3.05, 3.63) is 70.0 Å². The summed E-state index contributed by atoms with van der Waals surface area (Å²) in [5, 5.41) is 0. The van der Waals surface area contributed by atoms with Crippen LogP contribution in [-0.2, 0) is 12.8 Å². The Morgan fingerprint density at radius 2 is 1.70 bits per heavy atom. The van der Waals surface area contributed by atoms with Crippen molar-refractivity contribution in [1.29, 1.82) is 0 Å². The first kappa shape index (κ1) is 15.2. The van der Waals surface area contributed by atoms with Gasteiger partial charge >= 0.3 is 0 Å². The molecule has 2 rings (SSSR count). The summed E-state index contributed by atoms with van der Waals surface area (Å²) < 4.78 is 14.0. The standard InChI is InChI=1S/C18H20BrF/c1-4-13-7-8-15(11-14(13)5-2)18(19)16-10-12(3)6-9-17(16)20/h6-11,18H,4-5H2,1-3H3. The maximum atomic E-state index is 14.0. The molecule has 0 N–H and O–H groups in total. The second-order valence-corrected chi connectivity index (χ2v) is 6.04. The fourth-order valence-corrected chi connectivity index (χ4v) is 3.15. The second kappa shape index (κ2) is 6.53. The van der Waals surface area contributed by atoms with Gasteiger partial charge < -0.3 is 0 Å². The highest BCUT2D eigenvalue weighted by atomic mass is 79.9. The fourth-order valence-electron chi connectivity index (χ4n) is 2.51. The maximum Gasteiger partial charge on any atom is 0.127 e. The van der Waals surface area contributed by atoms with Gasteiger partial charge in [-0.15, -0.1) is 0 Å². The first-order valence-electron chi connectivity index (χ1n) is 7.08. The molecule has 0 aliphatic heterocycles. The number of aryl methyl sites for hydroxylation is 3. The lowest BCUT2D eigenvalue weighted by molar-refractivity contribution is 0.613. The topological polar surface area (TPSA) is 0 Å². The van der Waals surface area contributed by atoms with Crippen molar-refractivity contribution >= 4 is 15.9 Å². The Morgan fingerprint density at radius 1 is 1.00 bits per heavy atom. The molecular weight excluding hydrogens is 315 g/mol. The summed E-state index contributed by atoms with van der Waals surface area (Å²) in [5.41, 5.74) is 5.62. The van der Waals surface area contributed by atoms with Crippen LogP contribution in [0.1, 0.15) is 46.5 Å². The van der Waals surface area contributed by atoms with E-state index in [0.29, 0.717) is 5.56 Å². The number of benzene rings is 2. The quantitative estimate of drug-likeness (QED) is 0.625. The summed E-state index contributed by atoms with van der Waals surface area (Å²) >= 11 is 3.65. The average Bonchev–Trinajstić information content (AvgIpc) is 2.48. The molecule has 2 aromatic rings. The fraction of sp³-hybridized carbons (Fsp3) is 0.333. The largest absolute Gasteiger partial charge is 0.207 e. The van der Waals surface area contributed by atoms with Crippen LogP contribution in [0, 0.1) is 12.7 Å². The molecule has 0 heterocycles. The Morgan fingerprint density at radius 3 is 2.35 bits per heavy atom. The van der Waals surface area contributed by atoms with Crippen molar-refractivity contribution in [2.24, 2.45) is 0 Å². The van der Waals surface area contributed by atoms with Crippen LogP contribution in [0.3, 0.4) is 0 Å². The minimum absolute atomic E-state index is 0.0985. The van der Waals surface area contributed by atoms with Crippen molar-refractivity contribution in [2.45, 2.75) is 38.4 Å². The van der Waals surface area contributed by atoms with E-state index in [2.05, 4.69) is 48.0 Å².